The number of aryl methyl sites for hydroxylation is 1. The maximum atomic E-state index is 13.2. The van der Waals surface area contributed by atoms with Crippen molar-refractivity contribution < 1.29 is 13.2 Å². The van der Waals surface area contributed by atoms with E-state index in [4.69, 9.17) is 0 Å². The molecule has 1 N–H and O–H groups in total. The third-order valence-electron chi connectivity index (χ3n) is 5.68. The molecule has 2 aliphatic heterocycles. The van der Waals surface area contributed by atoms with Crippen molar-refractivity contribution in [2.24, 2.45) is 0 Å². The van der Waals surface area contributed by atoms with Crippen molar-refractivity contribution in [2.45, 2.75) is 17.7 Å². The highest BCUT2D eigenvalue weighted by atomic mass is 32.2. The number of benzene rings is 1. The number of nitrogens with zero attached hydrogens (tertiary/aromatic N) is 5. The second kappa shape index (κ2) is 7.78. The number of aromatic nitrogens is 3. The summed E-state index contributed by atoms with van der Waals surface area (Å²) >= 11 is 0. The first-order valence-corrected chi connectivity index (χ1v) is 11.6. The van der Waals surface area contributed by atoms with Crippen molar-refractivity contribution in [2.75, 3.05) is 36.4 Å². The van der Waals surface area contributed by atoms with E-state index in [1.54, 1.807) is 18.2 Å². The van der Waals surface area contributed by atoms with Crippen LogP contribution in [0.15, 0.2) is 60.0 Å². The van der Waals surface area contributed by atoms with Gasteiger partial charge in [-0.1, -0.05) is 0 Å². The van der Waals surface area contributed by atoms with Gasteiger partial charge in [0.2, 0.25) is 15.9 Å². The normalized spacial score (nSPS) is 17.3. The van der Waals surface area contributed by atoms with E-state index >= 15 is 0 Å². The van der Waals surface area contributed by atoms with Crippen molar-refractivity contribution in [1.82, 2.24) is 18.8 Å². The van der Waals surface area contributed by atoms with E-state index < -0.39 is 10.0 Å². The first-order valence-electron chi connectivity index (χ1n) is 10.1. The highest BCUT2D eigenvalue weighted by Crippen LogP contribution is 2.28. The SMILES string of the molecule is O=C1CCc2cc(S(=O)(=O)N3CCN(c4cc(-n5cccc5)ncn4)CC3)ccc2N1. The Balaban J connectivity index is 1.30. The molecule has 9 nitrogen and oxygen atoms in total. The van der Waals surface area contributed by atoms with Gasteiger partial charge in [-0.2, -0.15) is 4.31 Å². The van der Waals surface area contributed by atoms with Crippen LogP contribution in [0, 0.1) is 0 Å². The van der Waals surface area contributed by atoms with E-state index in [1.165, 1.54) is 10.6 Å². The van der Waals surface area contributed by atoms with E-state index in [0.717, 1.165) is 17.2 Å². The maximum absolute atomic E-state index is 13.2. The number of amides is 1. The Labute approximate surface area is 180 Å². The Bertz CT molecular complexity index is 1220. The molecular formula is C21H22N6O3S. The van der Waals surface area contributed by atoms with E-state index in [1.807, 2.05) is 35.2 Å². The van der Waals surface area contributed by atoms with E-state index in [9.17, 15) is 13.2 Å². The molecule has 31 heavy (non-hydrogen) atoms. The molecular weight excluding hydrogens is 416 g/mol. The Hall–Kier alpha value is -3.24. The lowest BCUT2D eigenvalue weighted by atomic mass is 10.0. The summed E-state index contributed by atoms with van der Waals surface area (Å²) < 4.78 is 29.8. The molecule has 0 bridgehead atoms. The van der Waals surface area contributed by atoms with Gasteiger partial charge in [-0.25, -0.2) is 18.4 Å². The largest absolute Gasteiger partial charge is 0.354 e. The van der Waals surface area contributed by atoms with Gasteiger partial charge in [0.15, 0.2) is 0 Å². The summed E-state index contributed by atoms with van der Waals surface area (Å²) in [7, 11) is -3.60. The number of carbonyl (C=O) groups excluding carboxylic acids is 1. The van der Waals surface area contributed by atoms with Crippen molar-refractivity contribution in [3.05, 3.63) is 60.7 Å². The van der Waals surface area contributed by atoms with Crippen molar-refractivity contribution in [3.63, 3.8) is 0 Å². The third kappa shape index (κ3) is 3.79. The van der Waals surface area contributed by atoms with Gasteiger partial charge in [0, 0.05) is 56.7 Å². The summed E-state index contributed by atoms with van der Waals surface area (Å²) in [6, 6.07) is 10.7. The molecule has 0 atom stereocenters. The molecule has 160 valence electrons. The summed E-state index contributed by atoms with van der Waals surface area (Å²) in [5.41, 5.74) is 1.56. The molecule has 1 amide bonds. The van der Waals surface area contributed by atoms with Crippen LogP contribution in [0.5, 0.6) is 0 Å². The average Bonchev–Trinajstić information content (AvgIpc) is 3.34. The van der Waals surface area contributed by atoms with Crippen molar-refractivity contribution in [1.29, 1.82) is 0 Å². The Morgan fingerprint density at radius 3 is 2.42 bits per heavy atom. The number of fused-ring (bicyclic) bond motifs is 1. The number of piperazine rings is 1. The highest BCUT2D eigenvalue weighted by molar-refractivity contribution is 7.89. The number of hydrogen-bond donors (Lipinski definition) is 1. The molecule has 0 spiro atoms. The molecule has 5 rings (SSSR count). The zero-order valence-electron chi connectivity index (χ0n) is 16.8. The Kier molecular flexibility index (Phi) is 4.95. The van der Waals surface area contributed by atoms with Gasteiger partial charge in [-0.3, -0.25) is 4.79 Å². The number of hydrogen-bond acceptors (Lipinski definition) is 6. The first kappa shape index (κ1) is 19.7. The molecule has 1 fully saturated rings. The van der Waals surface area contributed by atoms with E-state index in [-0.39, 0.29) is 10.8 Å². The minimum absolute atomic E-state index is 0.0381. The number of nitrogens with one attached hydrogen (secondary N) is 1. The smallest absolute Gasteiger partial charge is 0.243 e. The number of rotatable bonds is 4. The van der Waals surface area contributed by atoms with E-state index in [0.29, 0.717) is 44.7 Å². The van der Waals surface area contributed by atoms with Gasteiger partial charge < -0.3 is 14.8 Å². The van der Waals surface area contributed by atoms with Crippen LogP contribution in [0.2, 0.25) is 0 Å². The van der Waals surface area contributed by atoms with Crippen LogP contribution < -0.4 is 10.2 Å². The Morgan fingerprint density at radius 1 is 0.903 bits per heavy atom. The van der Waals surface area contributed by atoms with Gasteiger partial charge in [0.25, 0.3) is 0 Å². The fraction of sp³-hybridized carbons (Fsp3) is 0.286. The topological polar surface area (TPSA) is 100 Å². The minimum atomic E-state index is -3.60. The average molecular weight is 439 g/mol. The molecule has 2 aromatic heterocycles. The van der Waals surface area contributed by atoms with Crippen LogP contribution >= 0.6 is 0 Å². The second-order valence-corrected chi connectivity index (χ2v) is 9.52. The zero-order valence-corrected chi connectivity index (χ0v) is 17.6. The monoisotopic (exact) mass is 438 g/mol. The first-order chi connectivity index (χ1) is 15.0. The summed E-state index contributed by atoms with van der Waals surface area (Å²) in [6.07, 6.45) is 6.29. The summed E-state index contributed by atoms with van der Waals surface area (Å²) in [6.45, 7) is 1.84. The van der Waals surface area contributed by atoms with Crippen LogP contribution in [0.1, 0.15) is 12.0 Å². The number of carbonyl (C=O) groups is 1. The quantitative estimate of drug-likeness (QED) is 0.665. The van der Waals surface area contributed by atoms with Gasteiger partial charge in [-0.05, 0) is 42.3 Å². The van der Waals surface area contributed by atoms with E-state index in [2.05, 4.69) is 20.2 Å². The van der Waals surface area contributed by atoms with Gasteiger partial charge in [-0.15, -0.1) is 0 Å². The van der Waals surface area contributed by atoms with Gasteiger partial charge >= 0.3 is 0 Å². The third-order valence-corrected chi connectivity index (χ3v) is 7.57. The molecule has 4 heterocycles. The molecule has 0 radical (unpaired) electrons. The standard InChI is InChI=1S/C21H22N6O3S/c28-21-6-3-16-13-17(4-5-18(16)24-21)31(29,30)27-11-9-26(10-12-27)20-14-19(22-15-23-20)25-7-1-2-8-25/h1-2,4-5,7-8,13-15H,3,6,9-12H2,(H,24,28). The highest BCUT2D eigenvalue weighted by Gasteiger charge is 2.30. The lowest BCUT2D eigenvalue weighted by Gasteiger charge is -2.34. The predicted molar refractivity (Wildman–Crippen MR) is 116 cm³/mol. The number of anilines is 2. The number of sulfonamides is 1. The summed E-state index contributed by atoms with van der Waals surface area (Å²) in [4.78, 5) is 22.6. The predicted octanol–water partition coefficient (Wildman–Crippen LogP) is 1.66. The zero-order chi connectivity index (χ0) is 21.4. The fourth-order valence-electron chi connectivity index (χ4n) is 3.97. The molecule has 10 heteroatoms. The lowest BCUT2D eigenvalue weighted by Crippen LogP contribution is -2.49. The Morgan fingerprint density at radius 2 is 1.65 bits per heavy atom. The second-order valence-electron chi connectivity index (χ2n) is 7.58. The van der Waals surface area contributed by atoms with Crippen molar-refractivity contribution >= 4 is 27.4 Å². The van der Waals surface area contributed by atoms with Crippen molar-refractivity contribution in [3.8, 4) is 5.82 Å². The molecule has 0 aliphatic carbocycles. The molecule has 2 aliphatic rings. The summed E-state index contributed by atoms with van der Waals surface area (Å²) in [5.74, 6) is 1.51. The maximum Gasteiger partial charge on any atom is 0.243 e. The minimum Gasteiger partial charge on any atom is -0.354 e. The molecule has 3 aromatic rings. The lowest BCUT2D eigenvalue weighted by molar-refractivity contribution is -0.116. The molecule has 0 saturated carbocycles. The van der Waals surface area contributed by atoms with Crippen LogP contribution in [0.3, 0.4) is 0 Å². The van der Waals surface area contributed by atoms with Crippen LogP contribution in [-0.2, 0) is 21.2 Å². The van der Waals surface area contributed by atoms with Crippen LogP contribution in [-0.4, -0.2) is 59.3 Å². The van der Waals surface area contributed by atoms with Crippen LogP contribution in [0.25, 0.3) is 5.82 Å². The molecule has 1 aromatic carbocycles. The summed E-state index contributed by atoms with van der Waals surface area (Å²) in [5, 5.41) is 2.79. The molecule has 1 saturated heterocycles. The fourth-order valence-corrected chi connectivity index (χ4v) is 5.44. The van der Waals surface area contributed by atoms with Gasteiger partial charge in [0.05, 0.1) is 4.90 Å². The molecule has 0 unspecified atom stereocenters. The van der Waals surface area contributed by atoms with Crippen LogP contribution in [0.4, 0.5) is 11.5 Å². The van der Waals surface area contributed by atoms with Gasteiger partial charge in [0.1, 0.15) is 18.0 Å².